The number of nitrogens with zero attached hydrogens (tertiary/aromatic N) is 1. The molecule has 1 N–H and O–H groups in total. The van der Waals surface area contributed by atoms with Crippen molar-refractivity contribution >= 4 is 17.3 Å². The second kappa shape index (κ2) is 4.75. The van der Waals surface area contributed by atoms with E-state index in [2.05, 4.69) is 29.3 Å². The van der Waals surface area contributed by atoms with Crippen molar-refractivity contribution in [3.63, 3.8) is 0 Å². The van der Waals surface area contributed by atoms with Crippen molar-refractivity contribution in [1.29, 1.82) is 0 Å². The van der Waals surface area contributed by atoms with Gasteiger partial charge in [-0.25, -0.2) is 0 Å². The Morgan fingerprint density at radius 1 is 1.28 bits per heavy atom. The van der Waals surface area contributed by atoms with Crippen LogP contribution in [0.25, 0.3) is 0 Å². The van der Waals surface area contributed by atoms with E-state index < -0.39 is 0 Å². The van der Waals surface area contributed by atoms with Crippen molar-refractivity contribution in [3.05, 3.63) is 28.8 Å². The predicted octanol–water partition coefficient (Wildman–Crippen LogP) is 3.37. The Morgan fingerprint density at radius 3 is 2.83 bits per heavy atom. The average Bonchev–Trinajstić information content (AvgIpc) is 2.80. The van der Waals surface area contributed by atoms with Crippen molar-refractivity contribution < 1.29 is 0 Å². The third-order valence-electron chi connectivity index (χ3n) is 4.45. The molecule has 3 heteroatoms. The molecule has 1 aliphatic heterocycles. The maximum absolute atomic E-state index is 6.14. The van der Waals surface area contributed by atoms with Gasteiger partial charge < -0.3 is 10.2 Å². The van der Waals surface area contributed by atoms with Crippen LogP contribution in [0.5, 0.6) is 0 Å². The first-order valence-corrected chi connectivity index (χ1v) is 7.33. The Bertz CT molecular complexity index is 438. The second-order valence-corrected chi connectivity index (χ2v) is 6.20. The van der Waals surface area contributed by atoms with Crippen LogP contribution in [0.2, 0.25) is 5.02 Å². The number of piperazine rings is 1. The van der Waals surface area contributed by atoms with E-state index in [4.69, 9.17) is 11.6 Å². The Hall–Kier alpha value is -0.730. The summed E-state index contributed by atoms with van der Waals surface area (Å²) >= 11 is 6.14. The molecule has 0 amide bonds. The van der Waals surface area contributed by atoms with E-state index in [-0.39, 0.29) is 0 Å². The Kier molecular flexibility index (Phi) is 3.25. The molecule has 0 atom stereocenters. The molecule has 1 aromatic carbocycles. The van der Waals surface area contributed by atoms with Crippen LogP contribution in [-0.2, 0) is 0 Å². The van der Waals surface area contributed by atoms with E-state index in [1.54, 1.807) is 0 Å². The van der Waals surface area contributed by atoms with Crippen LogP contribution in [-0.4, -0.2) is 25.2 Å². The van der Waals surface area contributed by atoms with Gasteiger partial charge in [-0.05, 0) is 37.5 Å². The lowest BCUT2D eigenvalue weighted by Crippen LogP contribution is -2.59. The highest BCUT2D eigenvalue weighted by Gasteiger charge is 2.37. The van der Waals surface area contributed by atoms with Gasteiger partial charge in [-0.1, -0.05) is 30.5 Å². The summed E-state index contributed by atoms with van der Waals surface area (Å²) in [5, 5.41) is 4.60. The van der Waals surface area contributed by atoms with Gasteiger partial charge in [-0.15, -0.1) is 0 Å². The van der Waals surface area contributed by atoms with Crippen LogP contribution in [0.1, 0.15) is 31.2 Å². The topological polar surface area (TPSA) is 15.3 Å². The number of aryl methyl sites for hydroxylation is 1. The number of benzene rings is 1. The van der Waals surface area contributed by atoms with Gasteiger partial charge in [0, 0.05) is 35.9 Å². The third kappa shape index (κ3) is 2.24. The number of halogens is 1. The first-order chi connectivity index (χ1) is 8.69. The molecule has 98 valence electrons. The first-order valence-electron chi connectivity index (χ1n) is 6.95. The Balaban J connectivity index is 1.85. The molecular weight excluding hydrogens is 244 g/mol. The van der Waals surface area contributed by atoms with Crippen LogP contribution >= 0.6 is 11.6 Å². The van der Waals surface area contributed by atoms with E-state index in [1.807, 2.05) is 6.07 Å². The van der Waals surface area contributed by atoms with Gasteiger partial charge in [-0.3, -0.25) is 0 Å². The molecule has 2 aliphatic rings. The second-order valence-electron chi connectivity index (χ2n) is 5.77. The summed E-state index contributed by atoms with van der Waals surface area (Å²) in [4.78, 5) is 2.52. The molecule has 2 fully saturated rings. The molecule has 3 rings (SSSR count). The predicted molar refractivity (Wildman–Crippen MR) is 77.6 cm³/mol. The molecule has 18 heavy (non-hydrogen) atoms. The molecule has 1 saturated carbocycles. The maximum Gasteiger partial charge on any atom is 0.0426 e. The minimum atomic E-state index is 0.368. The molecule has 1 spiro atoms. The fourth-order valence-electron chi connectivity index (χ4n) is 3.47. The number of hydrogen-bond acceptors (Lipinski definition) is 2. The van der Waals surface area contributed by atoms with Crippen LogP contribution in [0.3, 0.4) is 0 Å². The van der Waals surface area contributed by atoms with Gasteiger partial charge in [0.05, 0.1) is 0 Å². The number of nitrogens with one attached hydrogen (secondary N) is 1. The van der Waals surface area contributed by atoms with Crippen molar-refractivity contribution in [2.45, 2.75) is 38.1 Å². The zero-order chi connectivity index (χ0) is 12.6. The molecular formula is C15H21ClN2. The van der Waals surface area contributed by atoms with E-state index in [9.17, 15) is 0 Å². The van der Waals surface area contributed by atoms with Crippen molar-refractivity contribution in [2.75, 3.05) is 24.5 Å². The van der Waals surface area contributed by atoms with E-state index in [0.29, 0.717) is 5.54 Å². The van der Waals surface area contributed by atoms with Crippen molar-refractivity contribution in [3.8, 4) is 0 Å². The third-order valence-corrected chi connectivity index (χ3v) is 4.68. The van der Waals surface area contributed by atoms with Crippen LogP contribution in [0, 0.1) is 6.92 Å². The first kappa shape index (κ1) is 12.3. The van der Waals surface area contributed by atoms with Crippen LogP contribution in [0.15, 0.2) is 18.2 Å². The van der Waals surface area contributed by atoms with Crippen molar-refractivity contribution in [1.82, 2.24) is 5.32 Å². The summed E-state index contributed by atoms with van der Waals surface area (Å²) in [7, 11) is 0. The molecule has 0 unspecified atom stereocenters. The monoisotopic (exact) mass is 264 g/mol. The lowest BCUT2D eigenvalue weighted by atomic mass is 9.94. The molecule has 0 bridgehead atoms. The number of anilines is 1. The zero-order valence-corrected chi connectivity index (χ0v) is 11.8. The Labute approximate surface area is 114 Å². The SMILES string of the molecule is Cc1ccc(Cl)cc1N1CCNC2(CCCC2)C1. The summed E-state index contributed by atoms with van der Waals surface area (Å²) in [6.07, 6.45) is 5.39. The van der Waals surface area contributed by atoms with Crippen molar-refractivity contribution in [2.24, 2.45) is 0 Å². The average molecular weight is 265 g/mol. The lowest BCUT2D eigenvalue weighted by Gasteiger charge is -2.43. The van der Waals surface area contributed by atoms with Gasteiger partial charge in [0.15, 0.2) is 0 Å². The molecule has 0 radical (unpaired) electrons. The number of hydrogen-bond donors (Lipinski definition) is 1. The summed E-state index contributed by atoms with van der Waals surface area (Å²) in [5.41, 5.74) is 3.01. The minimum absolute atomic E-state index is 0.368. The minimum Gasteiger partial charge on any atom is -0.368 e. The highest BCUT2D eigenvalue weighted by molar-refractivity contribution is 6.30. The fraction of sp³-hybridized carbons (Fsp3) is 0.600. The maximum atomic E-state index is 6.14. The van der Waals surface area contributed by atoms with E-state index >= 15 is 0 Å². The highest BCUT2D eigenvalue weighted by Crippen LogP contribution is 2.34. The normalized spacial score (nSPS) is 22.7. The van der Waals surface area contributed by atoms with Crippen LogP contribution in [0.4, 0.5) is 5.69 Å². The molecule has 1 aromatic rings. The molecule has 2 nitrogen and oxygen atoms in total. The van der Waals surface area contributed by atoms with Gasteiger partial charge in [0.2, 0.25) is 0 Å². The molecule has 1 heterocycles. The fourth-order valence-corrected chi connectivity index (χ4v) is 3.64. The largest absolute Gasteiger partial charge is 0.368 e. The lowest BCUT2D eigenvalue weighted by molar-refractivity contribution is 0.304. The number of rotatable bonds is 1. The van der Waals surface area contributed by atoms with Gasteiger partial charge in [-0.2, -0.15) is 0 Å². The van der Waals surface area contributed by atoms with Crippen LogP contribution < -0.4 is 10.2 Å². The van der Waals surface area contributed by atoms with E-state index in [0.717, 1.165) is 24.7 Å². The van der Waals surface area contributed by atoms with Gasteiger partial charge in [0.1, 0.15) is 0 Å². The summed E-state index contributed by atoms with van der Waals surface area (Å²) in [5.74, 6) is 0. The summed E-state index contributed by atoms with van der Waals surface area (Å²) in [6, 6.07) is 6.22. The standard InChI is InChI=1S/C15H21ClN2/c1-12-4-5-13(16)10-14(12)18-9-8-17-15(11-18)6-2-3-7-15/h4-5,10,17H,2-3,6-9,11H2,1H3. The highest BCUT2D eigenvalue weighted by atomic mass is 35.5. The molecule has 0 aromatic heterocycles. The molecule has 1 saturated heterocycles. The zero-order valence-electron chi connectivity index (χ0n) is 11.0. The quantitative estimate of drug-likeness (QED) is 0.837. The Morgan fingerprint density at radius 2 is 2.06 bits per heavy atom. The summed E-state index contributed by atoms with van der Waals surface area (Å²) < 4.78 is 0. The smallest absolute Gasteiger partial charge is 0.0426 e. The van der Waals surface area contributed by atoms with Gasteiger partial charge in [0.25, 0.3) is 0 Å². The van der Waals surface area contributed by atoms with Gasteiger partial charge >= 0.3 is 0 Å². The van der Waals surface area contributed by atoms with E-state index in [1.165, 1.54) is 36.9 Å². The molecule has 1 aliphatic carbocycles. The summed E-state index contributed by atoms with van der Waals surface area (Å²) in [6.45, 7) is 5.48.